The van der Waals surface area contributed by atoms with E-state index in [9.17, 15) is 9.18 Å². The molecule has 1 N–H and O–H groups in total. The fourth-order valence-corrected chi connectivity index (χ4v) is 2.31. The Kier molecular flexibility index (Phi) is 3.31. The van der Waals surface area contributed by atoms with Gasteiger partial charge in [0.05, 0.1) is 10.9 Å². The second kappa shape index (κ2) is 5.62. The number of hydrogen-bond donors (Lipinski definition) is 1. The van der Waals surface area contributed by atoms with Crippen LogP contribution in [0.3, 0.4) is 0 Å². The topological polar surface area (TPSA) is 72.8 Å². The van der Waals surface area contributed by atoms with Crippen LogP contribution in [0.15, 0.2) is 65.7 Å². The second-order valence-corrected chi connectivity index (χ2v) is 5.08. The zero-order valence-electron chi connectivity index (χ0n) is 12.3. The summed E-state index contributed by atoms with van der Waals surface area (Å²) in [6, 6.07) is 12.4. The van der Waals surface area contributed by atoms with E-state index in [1.807, 2.05) is 0 Å². The molecule has 118 valence electrons. The summed E-state index contributed by atoms with van der Waals surface area (Å²) in [6.45, 7) is 0. The molecule has 4 rings (SSSR count). The van der Waals surface area contributed by atoms with Gasteiger partial charge in [0.2, 0.25) is 5.95 Å². The number of halogens is 1. The van der Waals surface area contributed by atoms with E-state index >= 15 is 0 Å². The Bertz CT molecular complexity index is 1060. The Hall–Kier alpha value is -3.48. The molecule has 0 radical (unpaired) electrons. The summed E-state index contributed by atoms with van der Waals surface area (Å²) < 4.78 is 20.0. The number of nitrogens with zero attached hydrogens (tertiary/aromatic N) is 3. The Labute approximate surface area is 135 Å². The second-order valence-electron chi connectivity index (χ2n) is 5.08. The molecule has 0 saturated carbocycles. The summed E-state index contributed by atoms with van der Waals surface area (Å²) in [5, 5.41) is 4.44. The fourth-order valence-electron chi connectivity index (χ4n) is 2.31. The van der Waals surface area contributed by atoms with Crippen LogP contribution in [0.1, 0.15) is 0 Å². The summed E-state index contributed by atoms with van der Waals surface area (Å²) in [5.74, 6) is 0.943. The number of nitrogens with one attached hydrogen (secondary N) is 1. The molecule has 7 heteroatoms. The Morgan fingerprint density at radius 2 is 1.88 bits per heavy atom. The van der Waals surface area contributed by atoms with Gasteiger partial charge in [-0.15, -0.1) is 0 Å². The molecule has 2 aromatic carbocycles. The van der Waals surface area contributed by atoms with Gasteiger partial charge >= 0.3 is 0 Å². The van der Waals surface area contributed by atoms with E-state index in [1.54, 1.807) is 36.7 Å². The molecule has 0 fully saturated rings. The number of ether oxygens (including phenoxy) is 1. The van der Waals surface area contributed by atoms with E-state index in [2.05, 4.69) is 15.1 Å². The average molecular weight is 322 g/mol. The summed E-state index contributed by atoms with van der Waals surface area (Å²) in [5.41, 5.74) is 0.228. The first-order valence-electron chi connectivity index (χ1n) is 7.16. The molecule has 0 amide bonds. The minimum absolute atomic E-state index is 0.296. The number of aromatic nitrogens is 4. The van der Waals surface area contributed by atoms with E-state index in [0.29, 0.717) is 28.4 Å². The highest BCUT2D eigenvalue weighted by Gasteiger charge is 2.08. The van der Waals surface area contributed by atoms with Crippen LogP contribution in [-0.2, 0) is 0 Å². The van der Waals surface area contributed by atoms with E-state index in [4.69, 9.17) is 4.74 Å². The summed E-state index contributed by atoms with van der Waals surface area (Å²) in [4.78, 5) is 19.4. The SMILES string of the molecule is O=c1[nH]c(-n2cccn2)nc2ccc(Oc3ccc(F)cc3)cc12. The zero-order valence-corrected chi connectivity index (χ0v) is 12.3. The van der Waals surface area contributed by atoms with Crippen LogP contribution in [0.2, 0.25) is 0 Å². The lowest BCUT2D eigenvalue weighted by Crippen LogP contribution is -2.13. The Morgan fingerprint density at radius 1 is 1.08 bits per heavy atom. The average Bonchev–Trinajstić information content (AvgIpc) is 3.12. The normalized spacial score (nSPS) is 10.9. The number of hydrogen-bond acceptors (Lipinski definition) is 4. The van der Waals surface area contributed by atoms with E-state index in [-0.39, 0.29) is 11.4 Å². The minimum atomic E-state index is -0.340. The van der Waals surface area contributed by atoms with Crippen molar-refractivity contribution in [3.63, 3.8) is 0 Å². The molecule has 0 bridgehead atoms. The Morgan fingerprint density at radius 3 is 2.62 bits per heavy atom. The number of H-pyrrole nitrogens is 1. The number of rotatable bonds is 3. The van der Waals surface area contributed by atoms with Crippen molar-refractivity contribution < 1.29 is 9.13 Å². The fraction of sp³-hybridized carbons (Fsp3) is 0. The van der Waals surface area contributed by atoms with Gasteiger partial charge in [-0.25, -0.2) is 14.1 Å². The zero-order chi connectivity index (χ0) is 16.5. The highest BCUT2D eigenvalue weighted by Crippen LogP contribution is 2.24. The van der Waals surface area contributed by atoms with Crippen LogP contribution in [0.4, 0.5) is 4.39 Å². The van der Waals surface area contributed by atoms with Gasteiger partial charge in [0.25, 0.3) is 5.56 Å². The van der Waals surface area contributed by atoms with Crippen LogP contribution in [0.5, 0.6) is 11.5 Å². The minimum Gasteiger partial charge on any atom is -0.457 e. The third-order valence-electron chi connectivity index (χ3n) is 3.44. The van der Waals surface area contributed by atoms with Crippen LogP contribution < -0.4 is 10.3 Å². The number of fused-ring (bicyclic) bond motifs is 1. The standard InChI is InChI=1S/C17H11FN4O2/c18-11-2-4-12(5-3-11)24-13-6-7-15-14(10-13)16(23)21-17(20-15)22-9-1-8-19-22/h1-10H,(H,20,21,23). The molecular formula is C17H11FN4O2. The first-order chi connectivity index (χ1) is 11.7. The Balaban J connectivity index is 1.73. The van der Waals surface area contributed by atoms with Crippen LogP contribution in [0.25, 0.3) is 16.9 Å². The predicted octanol–water partition coefficient (Wildman–Crippen LogP) is 3.04. The van der Waals surface area contributed by atoms with E-state index in [1.165, 1.54) is 28.9 Å². The third-order valence-corrected chi connectivity index (χ3v) is 3.44. The lowest BCUT2D eigenvalue weighted by atomic mass is 10.2. The quantitative estimate of drug-likeness (QED) is 0.629. The van der Waals surface area contributed by atoms with Gasteiger partial charge in [-0.2, -0.15) is 5.10 Å². The molecule has 0 aliphatic carbocycles. The third kappa shape index (κ3) is 2.63. The van der Waals surface area contributed by atoms with Crippen molar-refractivity contribution in [2.45, 2.75) is 0 Å². The maximum atomic E-state index is 12.9. The highest BCUT2D eigenvalue weighted by molar-refractivity contribution is 5.79. The van der Waals surface area contributed by atoms with Crippen LogP contribution >= 0.6 is 0 Å². The van der Waals surface area contributed by atoms with Crippen molar-refractivity contribution in [1.29, 1.82) is 0 Å². The van der Waals surface area contributed by atoms with E-state index in [0.717, 1.165) is 0 Å². The molecule has 0 aliphatic heterocycles. The van der Waals surface area contributed by atoms with Crippen LogP contribution in [-0.4, -0.2) is 19.7 Å². The predicted molar refractivity (Wildman–Crippen MR) is 86.0 cm³/mol. The maximum absolute atomic E-state index is 12.9. The molecule has 0 saturated heterocycles. The molecule has 2 aromatic heterocycles. The van der Waals surface area contributed by atoms with Crippen molar-refractivity contribution in [1.82, 2.24) is 19.7 Å². The van der Waals surface area contributed by atoms with Gasteiger partial charge in [-0.3, -0.25) is 9.78 Å². The molecule has 0 unspecified atom stereocenters. The van der Waals surface area contributed by atoms with Crippen LogP contribution in [0, 0.1) is 5.82 Å². The smallest absolute Gasteiger partial charge is 0.260 e. The molecule has 6 nitrogen and oxygen atoms in total. The molecule has 4 aromatic rings. The molecule has 0 atom stereocenters. The van der Waals surface area contributed by atoms with Crippen molar-refractivity contribution in [2.75, 3.05) is 0 Å². The van der Waals surface area contributed by atoms with Gasteiger partial charge < -0.3 is 4.74 Å². The lowest BCUT2D eigenvalue weighted by molar-refractivity contribution is 0.481. The summed E-state index contributed by atoms with van der Waals surface area (Å²) >= 11 is 0. The van der Waals surface area contributed by atoms with Gasteiger partial charge in [0.15, 0.2) is 0 Å². The first kappa shape index (κ1) is 14.1. The highest BCUT2D eigenvalue weighted by atomic mass is 19.1. The summed E-state index contributed by atoms with van der Waals surface area (Å²) in [7, 11) is 0. The summed E-state index contributed by atoms with van der Waals surface area (Å²) in [6.07, 6.45) is 3.29. The molecular weight excluding hydrogens is 311 g/mol. The molecule has 24 heavy (non-hydrogen) atoms. The van der Waals surface area contributed by atoms with Crippen molar-refractivity contribution >= 4 is 10.9 Å². The van der Waals surface area contributed by atoms with Crippen molar-refractivity contribution in [3.8, 4) is 17.4 Å². The number of benzene rings is 2. The van der Waals surface area contributed by atoms with Gasteiger partial charge in [-0.1, -0.05) is 0 Å². The molecule has 2 heterocycles. The largest absolute Gasteiger partial charge is 0.457 e. The molecule has 0 aliphatic rings. The maximum Gasteiger partial charge on any atom is 0.260 e. The molecule has 0 spiro atoms. The van der Waals surface area contributed by atoms with Gasteiger partial charge in [0, 0.05) is 12.4 Å². The van der Waals surface area contributed by atoms with E-state index < -0.39 is 0 Å². The first-order valence-corrected chi connectivity index (χ1v) is 7.16. The van der Waals surface area contributed by atoms with Gasteiger partial charge in [0.1, 0.15) is 17.3 Å². The monoisotopic (exact) mass is 322 g/mol. The van der Waals surface area contributed by atoms with Crippen molar-refractivity contribution in [2.24, 2.45) is 0 Å². The number of aromatic amines is 1. The lowest BCUT2D eigenvalue weighted by Gasteiger charge is -2.07. The van der Waals surface area contributed by atoms with Gasteiger partial charge in [-0.05, 0) is 48.5 Å². The van der Waals surface area contributed by atoms with Crippen molar-refractivity contribution in [3.05, 3.63) is 77.1 Å².